The molecule has 1 aromatic heterocycles. The van der Waals surface area contributed by atoms with Crippen molar-refractivity contribution in [2.45, 2.75) is 31.8 Å². The van der Waals surface area contributed by atoms with E-state index in [1.807, 2.05) is 30.3 Å². The molecule has 2 aromatic carbocycles. The Kier molecular flexibility index (Phi) is 7.41. The lowest BCUT2D eigenvalue weighted by atomic mass is 10.1. The van der Waals surface area contributed by atoms with Gasteiger partial charge in [-0.25, -0.2) is 0 Å². The molecule has 0 saturated carbocycles. The number of amides is 1. The summed E-state index contributed by atoms with van der Waals surface area (Å²) in [6, 6.07) is 19.2. The van der Waals surface area contributed by atoms with Crippen LogP contribution in [0.1, 0.15) is 47.0 Å². The highest BCUT2D eigenvalue weighted by Crippen LogP contribution is 2.25. The summed E-state index contributed by atoms with van der Waals surface area (Å²) >= 11 is 6.14. The van der Waals surface area contributed by atoms with Crippen molar-refractivity contribution in [3.8, 4) is 0 Å². The van der Waals surface area contributed by atoms with Crippen molar-refractivity contribution < 1.29 is 9.21 Å². The maximum absolute atomic E-state index is 12.5. The van der Waals surface area contributed by atoms with Crippen LogP contribution in [0.2, 0.25) is 5.02 Å². The van der Waals surface area contributed by atoms with Gasteiger partial charge < -0.3 is 15.1 Å². The largest absolute Gasteiger partial charge is 0.468 e. The molecule has 4 rings (SSSR count). The second kappa shape index (κ2) is 10.6. The topological polar surface area (TPSA) is 57.5 Å². The Morgan fingerprint density at radius 1 is 1.03 bits per heavy atom. The van der Waals surface area contributed by atoms with Crippen LogP contribution >= 0.6 is 11.6 Å². The molecular weight excluding hydrogens is 410 g/mol. The SMILES string of the molecule is O=C(Nc1cccc(CNC[C@@H](c2ccco2)N2CCCCC2)c1)c1ccccc1Cl. The Bertz CT molecular complexity index is 984. The molecule has 2 heterocycles. The maximum atomic E-state index is 12.5. The van der Waals surface area contributed by atoms with Gasteiger partial charge in [-0.2, -0.15) is 0 Å². The number of rotatable bonds is 8. The fourth-order valence-electron chi connectivity index (χ4n) is 4.08. The molecule has 0 unspecified atom stereocenters. The number of likely N-dealkylation sites (tertiary alicyclic amines) is 1. The first-order valence-corrected chi connectivity index (χ1v) is 11.2. The van der Waals surface area contributed by atoms with Crippen molar-refractivity contribution in [1.29, 1.82) is 0 Å². The van der Waals surface area contributed by atoms with Crippen LogP contribution in [-0.2, 0) is 6.54 Å². The van der Waals surface area contributed by atoms with E-state index in [-0.39, 0.29) is 11.9 Å². The molecule has 5 nitrogen and oxygen atoms in total. The van der Waals surface area contributed by atoms with E-state index in [4.69, 9.17) is 16.0 Å². The van der Waals surface area contributed by atoms with Gasteiger partial charge in [0.2, 0.25) is 0 Å². The molecule has 0 spiro atoms. The molecule has 2 N–H and O–H groups in total. The van der Waals surface area contributed by atoms with Crippen LogP contribution in [0.25, 0.3) is 0 Å². The molecular formula is C25H28ClN3O2. The third-order valence-electron chi connectivity index (χ3n) is 5.67. The summed E-state index contributed by atoms with van der Waals surface area (Å²) in [6.45, 7) is 3.73. The molecule has 1 aliphatic rings. The van der Waals surface area contributed by atoms with Crippen molar-refractivity contribution in [2.75, 3.05) is 25.0 Å². The lowest BCUT2D eigenvalue weighted by Gasteiger charge is -2.33. The van der Waals surface area contributed by atoms with Crippen molar-refractivity contribution in [2.24, 2.45) is 0 Å². The highest BCUT2D eigenvalue weighted by molar-refractivity contribution is 6.34. The molecule has 1 atom stereocenters. The van der Waals surface area contributed by atoms with Crippen molar-refractivity contribution in [3.05, 3.63) is 88.8 Å². The van der Waals surface area contributed by atoms with Gasteiger partial charge in [0, 0.05) is 18.8 Å². The second-order valence-corrected chi connectivity index (χ2v) is 8.30. The van der Waals surface area contributed by atoms with Crippen molar-refractivity contribution in [1.82, 2.24) is 10.2 Å². The number of anilines is 1. The molecule has 31 heavy (non-hydrogen) atoms. The standard InChI is InChI=1S/C25H28ClN3O2/c26-22-11-3-2-10-21(22)25(30)28-20-9-6-8-19(16-20)17-27-18-23(24-12-7-15-31-24)29-13-4-1-5-14-29/h2-3,6-12,15-16,23,27H,1,4-5,13-14,17-18H2,(H,28,30)/t23-/m0/s1. The molecule has 1 fully saturated rings. The summed E-state index contributed by atoms with van der Waals surface area (Å²) in [7, 11) is 0. The van der Waals surface area contributed by atoms with Gasteiger partial charge in [0.25, 0.3) is 5.91 Å². The molecule has 3 aromatic rings. The first kappa shape index (κ1) is 21.6. The molecule has 1 aliphatic heterocycles. The number of hydrogen-bond acceptors (Lipinski definition) is 4. The minimum absolute atomic E-state index is 0.210. The van der Waals surface area contributed by atoms with Crippen LogP contribution in [0.4, 0.5) is 5.69 Å². The highest BCUT2D eigenvalue weighted by atomic mass is 35.5. The Balaban J connectivity index is 1.36. The van der Waals surface area contributed by atoms with Crippen LogP contribution in [0, 0.1) is 0 Å². The number of nitrogens with zero attached hydrogens (tertiary/aromatic N) is 1. The monoisotopic (exact) mass is 437 g/mol. The van der Waals surface area contributed by atoms with Crippen molar-refractivity contribution >= 4 is 23.2 Å². The third-order valence-corrected chi connectivity index (χ3v) is 6.00. The third kappa shape index (κ3) is 5.76. The van der Waals surface area contributed by atoms with Gasteiger partial charge >= 0.3 is 0 Å². The van der Waals surface area contributed by atoms with E-state index in [9.17, 15) is 4.79 Å². The minimum Gasteiger partial charge on any atom is -0.468 e. The molecule has 162 valence electrons. The number of carbonyl (C=O) groups is 1. The van der Waals surface area contributed by atoms with E-state index >= 15 is 0 Å². The predicted octanol–water partition coefficient (Wildman–Crippen LogP) is 5.50. The van der Waals surface area contributed by atoms with Gasteiger partial charge in [0.15, 0.2) is 0 Å². The molecule has 1 saturated heterocycles. The number of piperidine rings is 1. The van der Waals surface area contributed by atoms with Gasteiger partial charge in [-0.15, -0.1) is 0 Å². The maximum Gasteiger partial charge on any atom is 0.257 e. The lowest BCUT2D eigenvalue weighted by Crippen LogP contribution is -2.38. The predicted molar refractivity (Wildman–Crippen MR) is 124 cm³/mol. The number of halogens is 1. The molecule has 0 aliphatic carbocycles. The molecule has 1 amide bonds. The normalized spacial score (nSPS) is 15.5. The van der Waals surface area contributed by atoms with Gasteiger partial charge in [-0.1, -0.05) is 42.3 Å². The Labute approximate surface area is 188 Å². The number of hydrogen-bond donors (Lipinski definition) is 2. The Hall–Kier alpha value is -2.60. The average Bonchev–Trinajstić information content (AvgIpc) is 3.32. The van der Waals surface area contributed by atoms with Crippen LogP contribution in [0.5, 0.6) is 0 Å². The average molecular weight is 438 g/mol. The van der Waals surface area contributed by atoms with E-state index in [2.05, 4.69) is 27.7 Å². The first-order chi connectivity index (χ1) is 15.2. The van der Waals surface area contributed by atoms with Crippen LogP contribution in [0.3, 0.4) is 0 Å². The van der Waals surface area contributed by atoms with E-state index < -0.39 is 0 Å². The lowest BCUT2D eigenvalue weighted by molar-refractivity contribution is 0.102. The van der Waals surface area contributed by atoms with E-state index in [1.165, 1.54) is 19.3 Å². The van der Waals surface area contributed by atoms with Gasteiger partial charge in [0.1, 0.15) is 5.76 Å². The summed E-state index contributed by atoms with van der Waals surface area (Å²) in [5.74, 6) is 0.800. The van der Waals surface area contributed by atoms with Crippen molar-refractivity contribution in [3.63, 3.8) is 0 Å². The summed E-state index contributed by atoms with van der Waals surface area (Å²) in [6.07, 6.45) is 5.54. The van der Waals surface area contributed by atoms with E-state index in [1.54, 1.807) is 24.5 Å². The smallest absolute Gasteiger partial charge is 0.257 e. The molecule has 0 radical (unpaired) electrons. The number of carbonyl (C=O) groups excluding carboxylic acids is 1. The summed E-state index contributed by atoms with van der Waals surface area (Å²) in [4.78, 5) is 15.0. The zero-order valence-electron chi connectivity index (χ0n) is 17.5. The quantitative estimate of drug-likeness (QED) is 0.488. The first-order valence-electron chi connectivity index (χ1n) is 10.8. The van der Waals surface area contributed by atoms with E-state index in [0.717, 1.165) is 36.6 Å². The summed E-state index contributed by atoms with van der Waals surface area (Å²) in [5.41, 5.74) is 2.33. The minimum atomic E-state index is -0.210. The molecule has 6 heteroatoms. The van der Waals surface area contributed by atoms with Gasteiger partial charge in [-0.05, 0) is 67.9 Å². The van der Waals surface area contributed by atoms with Gasteiger partial charge in [-0.3, -0.25) is 9.69 Å². The van der Waals surface area contributed by atoms with Crippen LogP contribution in [-0.4, -0.2) is 30.4 Å². The Morgan fingerprint density at radius 3 is 2.65 bits per heavy atom. The summed E-state index contributed by atoms with van der Waals surface area (Å²) in [5, 5.41) is 6.96. The van der Waals surface area contributed by atoms with Gasteiger partial charge in [0.05, 0.1) is 22.9 Å². The zero-order chi connectivity index (χ0) is 21.5. The fourth-order valence-corrected chi connectivity index (χ4v) is 4.30. The molecule has 0 bridgehead atoms. The van der Waals surface area contributed by atoms with E-state index in [0.29, 0.717) is 17.1 Å². The second-order valence-electron chi connectivity index (χ2n) is 7.89. The number of furan rings is 1. The zero-order valence-corrected chi connectivity index (χ0v) is 18.3. The number of benzene rings is 2. The Morgan fingerprint density at radius 2 is 1.87 bits per heavy atom. The van der Waals surface area contributed by atoms with Crippen LogP contribution in [0.15, 0.2) is 71.3 Å². The summed E-state index contributed by atoms with van der Waals surface area (Å²) < 4.78 is 5.73. The van der Waals surface area contributed by atoms with Crippen LogP contribution < -0.4 is 10.6 Å². The fraction of sp³-hybridized carbons (Fsp3) is 0.320. The highest BCUT2D eigenvalue weighted by Gasteiger charge is 2.24. The number of nitrogens with one attached hydrogen (secondary N) is 2.